The van der Waals surface area contributed by atoms with Gasteiger partial charge in [0.25, 0.3) is 0 Å². The number of nitrogens with zero attached hydrogens (tertiary/aromatic N) is 1. The van der Waals surface area contributed by atoms with Gasteiger partial charge in [0.1, 0.15) is 5.69 Å². The smallest absolute Gasteiger partial charge is 0.231 e. The fraction of sp³-hybridized carbons (Fsp3) is 0.0833. The average Bonchev–Trinajstić information content (AvgIpc) is 2.75. The molecule has 0 aromatic carbocycles. The van der Waals surface area contributed by atoms with Gasteiger partial charge in [-0.2, -0.15) is 0 Å². The molecule has 0 saturated heterocycles. The number of pyridine rings is 1. The second-order valence-electron chi connectivity index (χ2n) is 3.67. The number of ketones is 2. The molecule has 0 amide bonds. The quantitative estimate of drug-likeness (QED) is 0.570. The monoisotopic (exact) mass is 213 g/mol. The van der Waals surface area contributed by atoms with Crippen molar-refractivity contribution in [3.63, 3.8) is 0 Å². The van der Waals surface area contributed by atoms with Gasteiger partial charge in [-0.05, 0) is 24.6 Å². The molecular weight excluding hydrogens is 206 g/mol. The summed E-state index contributed by atoms with van der Waals surface area (Å²) >= 11 is 0. The molecule has 0 atom stereocenters. The molecule has 0 spiro atoms. The zero-order valence-corrected chi connectivity index (χ0v) is 8.48. The van der Waals surface area contributed by atoms with Crippen molar-refractivity contribution < 1.29 is 14.0 Å². The topological polar surface area (TPSA) is 60.2 Å². The number of aryl methyl sites for hydroxylation is 1. The van der Waals surface area contributed by atoms with Gasteiger partial charge in [0.15, 0.2) is 5.76 Å². The summed E-state index contributed by atoms with van der Waals surface area (Å²) in [6.45, 7) is 1.78. The summed E-state index contributed by atoms with van der Waals surface area (Å²) in [5, 5.41) is 0. The van der Waals surface area contributed by atoms with Crippen LogP contribution in [0.2, 0.25) is 0 Å². The molecule has 4 heteroatoms. The molecule has 2 aromatic heterocycles. The van der Waals surface area contributed by atoms with E-state index in [2.05, 4.69) is 4.98 Å². The molecule has 16 heavy (non-hydrogen) atoms. The van der Waals surface area contributed by atoms with Crippen molar-refractivity contribution in [1.82, 2.24) is 4.98 Å². The molecule has 0 radical (unpaired) electrons. The first-order valence-electron chi connectivity index (χ1n) is 4.82. The van der Waals surface area contributed by atoms with Crippen molar-refractivity contribution in [1.29, 1.82) is 0 Å². The van der Waals surface area contributed by atoms with Gasteiger partial charge >= 0.3 is 0 Å². The minimum Gasteiger partial charge on any atom is -0.460 e. The van der Waals surface area contributed by atoms with E-state index >= 15 is 0 Å². The van der Waals surface area contributed by atoms with E-state index in [4.69, 9.17) is 4.42 Å². The fourth-order valence-electron chi connectivity index (χ4n) is 1.92. The van der Waals surface area contributed by atoms with E-state index in [1.54, 1.807) is 13.0 Å². The van der Waals surface area contributed by atoms with Gasteiger partial charge in [-0.3, -0.25) is 14.6 Å². The van der Waals surface area contributed by atoms with Crippen LogP contribution in [0, 0.1) is 6.92 Å². The predicted molar refractivity (Wildman–Crippen MR) is 54.5 cm³/mol. The standard InChI is InChI=1S/C12H7NO3/c1-6-2-4-13-9-8(6)11(15)12-7(10(9)14)3-5-16-12/h2-5H,1H3. The second-order valence-corrected chi connectivity index (χ2v) is 3.67. The first kappa shape index (κ1) is 9.03. The molecule has 0 saturated carbocycles. The highest BCUT2D eigenvalue weighted by atomic mass is 16.3. The van der Waals surface area contributed by atoms with Gasteiger partial charge in [-0.1, -0.05) is 0 Å². The van der Waals surface area contributed by atoms with Crippen LogP contribution in [-0.2, 0) is 0 Å². The van der Waals surface area contributed by atoms with Crippen LogP contribution in [0.1, 0.15) is 37.7 Å². The van der Waals surface area contributed by atoms with E-state index in [1.807, 2.05) is 0 Å². The summed E-state index contributed by atoms with van der Waals surface area (Å²) < 4.78 is 5.05. The third kappa shape index (κ3) is 0.957. The molecule has 0 unspecified atom stereocenters. The van der Waals surface area contributed by atoms with Crippen LogP contribution in [-0.4, -0.2) is 16.6 Å². The fourth-order valence-corrected chi connectivity index (χ4v) is 1.92. The van der Waals surface area contributed by atoms with E-state index in [1.165, 1.54) is 18.5 Å². The van der Waals surface area contributed by atoms with Gasteiger partial charge in [0.05, 0.1) is 17.4 Å². The zero-order valence-electron chi connectivity index (χ0n) is 8.48. The van der Waals surface area contributed by atoms with Crippen LogP contribution in [0.5, 0.6) is 0 Å². The highest BCUT2D eigenvalue weighted by Crippen LogP contribution is 2.28. The SMILES string of the molecule is Cc1ccnc2c1C(=O)c1occc1C2=O. The van der Waals surface area contributed by atoms with E-state index in [0.717, 1.165) is 5.56 Å². The maximum atomic E-state index is 12.0. The Morgan fingerprint density at radius 2 is 2.00 bits per heavy atom. The lowest BCUT2D eigenvalue weighted by Crippen LogP contribution is -2.21. The van der Waals surface area contributed by atoms with Crippen molar-refractivity contribution >= 4 is 11.6 Å². The summed E-state index contributed by atoms with van der Waals surface area (Å²) in [5.74, 6) is -0.393. The Kier molecular flexibility index (Phi) is 1.63. The maximum Gasteiger partial charge on any atom is 0.231 e. The lowest BCUT2D eigenvalue weighted by molar-refractivity contribution is 0.0956. The summed E-state index contributed by atoms with van der Waals surface area (Å²) in [6, 6.07) is 3.21. The Morgan fingerprint density at radius 3 is 2.81 bits per heavy atom. The third-order valence-corrected chi connectivity index (χ3v) is 2.72. The molecule has 0 N–H and O–H groups in total. The second kappa shape index (κ2) is 2.88. The first-order valence-corrected chi connectivity index (χ1v) is 4.82. The molecular formula is C12H7NO3. The Labute approximate surface area is 90.9 Å². The predicted octanol–water partition coefficient (Wildman–Crippen LogP) is 1.76. The van der Waals surface area contributed by atoms with Crippen molar-refractivity contribution in [2.24, 2.45) is 0 Å². The lowest BCUT2D eigenvalue weighted by atomic mass is 9.90. The van der Waals surface area contributed by atoms with Crippen molar-refractivity contribution in [2.75, 3.05) is 0 Å². The van der Waals surface area contributed by atoms with Crippen LogP contribution in [0.3, 0.4) is 0 Å². The highest BCUT2D eigenvalue weighted by Gasteiger charge is 2.34. The Hall–Kier alpha value is -2.23. The molecule has 4 nitrogen and oxygen atoms in total. The summed E-state index contributed by atoms with van der Waals surface area (Å²) in [4.78, 5) is 28.0. The summed E-state index contributed by atoms with van der Waals surface area (Å²) in [5.41, 5.74) is 1.62. The number of furan rings is 1. The lowest BCUT2D eigenvalue weighted by Gasteiger charge is -2.13. The minimum absolute atomic E-state index is 0.119. The molecule has 0 aliphatic heterocycles. The van der Waals surface area contributed by atoms with Crippen LogP contribution in [0.4, 0.5) is 0 Å². The minimum atomic E-state index is -0.264. The molecule has 78 valence electrons. The number of fused-ring (bicyclic) bond motifs is 2. The molecule has 2 aromatic rings. The van der Waals surface area contributed by atoms with Crippen LogP contribution < -0.4 is 0 Å². The van der Waals surface area contributed by atoms with Gasteiger partial charge in [0, 0.05) is 6.20 Å². The van der Waals surface area contributed by atoms with E-state index in [9.17, 15) is 9.59 Å². The normalized spacial score (nSPS) is 13.6. The van der Waals surface area contributed by atoms with E-state index < -0.39 is 0 Å². The van der Waals surface area contributed by atoms with Crippen LogP contribution in [0.15, 0.2) is 29.0 Å². The zero-order chi connectivity index (χ0) is 11.3. The van der Waals surface area contributed by atoms with Gasteiger partial charge in [-0.25, -0.2) is 0 Å². The molecule has 0 fully saturated rings. The van der Waals surface area contributed by atoms with Crippen molar-refractivity contribution in [3.8, 4) is 0 Å². The molecule has 2 heterocycles. The van der Waals surface area contributed by atoms with Crippen molar-refractivity contribution in [3.05, 3.63) is 52.7 Å². The van der Waals surface area contributed by atoms with Crippen LogP contribution in [0.25, 0.3) is 0 Å². The van der Waals surface area contributed by atoms with E-state index in [-0.39, 0.29) is 23.0 Å². The van der Waals surface area contributed by atoms with E-state index in [0.29, 0.717) is 11.1 Å². The Bertz CT molecular complexity index is 625. The van der Waals surface area contributed by atoms with Crippen molar-refractivity contribution in [2.45, 2.75) is 6.92 Å². The Morgan fingerprint density at radius 1 is 1.19 bits per heavy atom. The summed E-state index contributed by atoms with van der Waals surface area (Å²) in [7, 11) is 0. The molecule has 3 rings (SSSR count). The number of aromatic nitrogens is 1. The largest absolute Gasteiger partial charge is 0.460 e. The first-order chi connectivity index (χ1) is 7.70. The molecule has 0 bridgehead atoms. The van der Waals surface area contributed by atoms with Gasteiger partial charge < -0.3 is 4.42 Å². The van der Waals surface area contributed by atoms with Gasteiger partial charge in [-0.15, -0.1) is 0 Å². The maximum absolute atomic E-state index is 12.0. The number of rotatable bonds is 0. The molecule has 1 aliphatic rings. The number of carbonyl (C=O) groups excluding carboxylic acids is 2. The Balaban J connectivity index is 2.38. The van der Waals surface area contributed by atoms with Gasteiger partial charge in [0.2, 0.25) is 11.6 Å². The molecule has 1 aliphatic carbocycles. The average molecular weight is 213 g/mol. The van der Waals surface area contributed by atoms with Crippen LogP contribution >= 0.6 is 0 Å². The third-order valence-electron chi connectivity index (χ3n) is 2.72. The number of hydrogen-bond acceptors (Lipinski definition) is 4. The summed E-state index contributed by atoms with van der Waals surface area (Å²) in [6.07, 6.45) is 2.88. The number of carbonyl (C=O) groups is 2. The number of hydrogen-bond donors (Lipinski definition) is 0. The highest BCUT2D eigenvalue weighted by molar-refractivity contribution is 6.27.